The van der Waals surface area contributed by atoms with Gasteiger partial charge in [-0.25, -0.2) is 9.59 Å². The molecule has 0 radical (unpaired) electrons. The Balaban J connectivity index is 2.19. The summed E-state index contributed by atoms with van der Waals surface area (Å²) in [6.07, 6.45) is 3.32. The first kappa shape index (κ1) is 19.1. The lowest BCUT2D eigenvalue weighted by Gasteiger charge is -2.13. The number of rotatable bonds is 11. The van der Waals surface area contributed by atoms with E-state index < -0.39 is 11.9 Å². The molecule has 1 rings (SSSR count). The van der Waals surface area contributed by atoms with Gasteiger partial charge in [0.15, 0.2) is 0 Å². The normalized spacial score (nSPS) is 11.9. The van der Waals surface area contributed by atoms with Gasteiger partial charge in [-0.15, -0.1) is 0 Å². The van der Waals surface area contributed by atoms with Crippen LogP contribution >= 0.6 is 0 Å². The highest BCUT2D eigenvalue weighted by Gasteiger charge is 2.09. The lowest BCUT2D eigenvalue weighted by molar-refractivity contribution is 0.00609. The molecule has 0 fully saturated rings. The Labute approximate surface area is 135 Å². The minimum Gasteiger partial charge on any atom is -0.478 e. The Morgan fingerprint density at radius 3 is 2.30 bits per heavy atom. The summed E-state index contributed by atoms with van der Waals surface area (Å²) in [5, 5.41) is 8.78. The van der Waals surface area contributed by atoms with Gasteiger partial charge in [-0.3, -0.25) is 0 Å². The molecule has 0 heterocycles. The Morgan fingerprint density at radius 1 is 1.04 bits per heavy atom. The molecule has 1 atom stereocenters. The van der Waals surface area contributed by atoms with E-state index in [1.807, 2.05) is 0 Å². The highest BCUT2D eigenvalue weighted by Crippen LogP contribution is 2.06. The summed E-state index contributed by atoms with van der Waals surface area (Å²) in [5.74, 6) is -1.57. The molecule has 7 heteroatoms. The fourth-order valence-corrected chi connectivity index (χ4v) is 1.92. The van der Waals surface area contributed by atoms with Crippen LogP contribution in [0.2, 0.25) is 0 Å². The van der Waals surface area contributed by atoms with E-state index in [0.29, 0.717) is 12.1 Å². The van der Waals surface area contributed by atoms with Crippen LogP contribution in [0.1, 0.15) is 46.4 Å². The smallest absolute Gasteiger partial charge is 0.338 e. The summed E-state index contributed by atoms with van der Waals surface area (Å²) in [6.45, 7) is 0.993. The number of carbonyl (C=O) groups is 2. The predicted octanol–water partition coefficient (Wildman–Crippen LogP) is 1.36. The number of benzene rings is 1. The number of carboxylic acids is 1. The molecule has 128 valence electrons. The van der Waals surface area contributed by atoms with E-state index in [1.165, 1.54) is 24.3 Å². The van der Waals surface area contributed by atoms with Crippen molar-refractivity contribution in [3.8, 4) is 0 Å². The number of carbonyl (C=O) groups excluding carboxylic acids is 1. The highest BCUT2D eigenvalue weighted by molar-refractivity contribution is 5.92. The number of ether oxygens (including phenoxy) is 2. The van der Waals surface area contributed by atoms with Crippen molar-refractivity contribution >= 4 is 11.9 Å². The molecule has 0 spiro atoms. The minimum atomic E-state index is -1.04. The van der Waals surface area contributed by atoms with Gasteiger partial charge in [0.2, 0.25) is 0 Å². The molecule has 7 nitrogen and oxygen atoms in total. The van der Waals surface area contributed by atoms with Crippen molar-refractivity contribution in [2.24, 2.45) is 11.5 Å². The first-order valence-corrected chi connectivity index (χ1v) is 7.62. The van der Waals surface area contributed by atoms with Crippen molar-refractivity contribution in [1.82, 2.24) is 0 Å². The Kier molecular flexibility index (Phi) is 8.89. The largest absolute Gasteiger partial charge is 0.478 e. The van der Waals surface area contributed by atoms with E-state index in [9.17, 15) is 9.59 Å². The number of hydrogen-bond donors (Lipinski definition) is 3. The molecule has 0 aliphatic carbocycles. The zero-order chi connectivity index (χ0) is 17.1. The summed E-state index contributed by atoms with van der Waals surface area (Å²) in [5.41, 5.74) is 11.6. The summed E-state index contributed by atoms with van der Waals surface area (Å²) >= 11 is 0. The topological polar surface area (TPSA) is 125 Å². The van der Waals surface area contributed by atoms with Crippen LogP contribution < -0.4 is 11.5 Å². The average Bonchev–Trinajstić information content (AvgIpc) is 2.55. The summed E-state index contributed by atoms with van der Waals surface area (Å²) < 4.78 is 10.4. The van der Waals surface area contributed by atoms with Crippen molar-refractivity contribution in [3.63, 3.8) is 0 Å². The van der Waals surface area contributed by atoms with Crippen LogP contribution in [0.25, 0.3) is 0 Å². The molecule has 0 aliphatic heterocycles. The van der Waals surface area contributed by atoms with Crippen molar-refractivity contribution in [1.29, 1.82) is 0 Å². The maximum absolute atomic E-state index is 11.7. The third-order valence-corrected chi connectivity index (χ3v) is 3.21. The summed E-state index contributed by atoms with van der Waals surface area (Å²) in [4.78, 5) is 22.5. The lowest BCUT2D eigenvalue weighted by atomic mass is 10.1. The number of nitrogens with two attached hydrogens (primary N) is 2. The molecule has 1 unspecified atom stereocenters. The predicted molar refractivity (Wildman–Crippen MR) is 85.1 cm³/mol. The van der Waals surface area contributed by atoms with Crippen molar-refractivity contribution in [3.05, 3.63) is 35.4 Å². The zero-order valence-electron chi connectivity index (χ0n) is 13.1. The van der Waals surface area contributed by atoms with Crippen molar-refractivity contribution in [2.75, 3.05) is 19.8 Å². The molecule has 1 aromatic rings. The van der Waals surface area contributed by atoms with Crippen LogP contribution in [0.5, 0.6) is 0 Å². The number of aromatic carboxylic acids is 1. The van der Waals surface area contributed by atoms with Gasteiger partial charge in [0.25, 0.3) is 0 Å². The first-order valence-electron chi connectivity index (χ1n) is 7.62. The monoisotopic (exact) mass is 324 g/mol. The zero-order valence-corrected chi connectivity index (χ0v) is 13.1. The summed E-state index contributed by atoms with van der Waals surface area (Å²) in [6, 6.07) is 5.53. The number of esters is 1. The minimum absolute atomic E-state index is 0.0933. The van der Waals surface area contributed by atoms with Gasteiger partial charge in [-0.05, 0) is 50.1 Å². The van der Waals surface area contributed by atoms with E-state index in [2.05, 4.69) is 0 Å². The van der Waals surface area contributed by atoms with E-state index >= 15 is 0 Å². The Bertz CT molecular complexity index is 490. The van der Waals surface area contributed by atoms with Gasteiger partial charge in [0.05, 0.1) is 17.7 Å². The lowest BCUT2D eigenvalue weighted by Crippen LogP contribution is -2.26. The molecule has 23 heavy (non-hydrogen) atoms. The van der Waals surface area contributed by atoms with E-state index in [-0.39, 0.29) is 25.0 Å². The third-order valence-electron chi connectivity index (χ3n) is 3.21. The second kappa shape index (κ2) is 10.7. The average molecular weight is 324 g/mol. The van der Waals surface area contributed by atoms with Crippen LogP contribution in [-0.4, -0.2) is 43.0 Å². The second-order valence-corrected chi connectivity index (χ2v) is 5.07. The second-order valence-electron chi connectivity index (χ2n) is 5.07. The van der Waals surface area contributed by atoms with Crippen molar-refractivity contribution < 1.29 is 24.2 Å². The van der Waals surface area contributed by atoms with Gasteiger partial charge < -0.3 is 26.0 Å². The maximum atomic E-state index is 11.7. The molecule has 0 saturated heterocycles. The molecule has 0 aromatic heterocycles. The molecule has 0 amide bonds. The molecular weight excluding hydrogens is 300 g/mol. The Hall–Kier alpha value is -1.96. The van der Waals surface area contributed by atoms with Crippen LogP contribution in [0.3, 0.4) is 0 Å². The van der Waals surface area contributed by atoms with Crippen LogP contribution in [0.4, 0.5) is 0 Å². The molecule has 1 aromatic carbocycles. The van der Waals surface area contributed by atoms with E-state index in [0.717, 1.165) is 25.7 Å². The van der Waals surface area contributed by atoms with Gasteiger partial charge in [-0.1, -0.05) is 6.42 Å². The molecule has 0 bridgehead atoms. The molecule has 0 aliphatic rings. The first-order chi connectivity index (χ1) is 11.0. The van der Waals surface area contributed by atoms with Gasteiger partial charge in [0, 0.05) is 0 Å². The van der Waals surface area contributed by atoms with Crippen LogP contribution in [0, 0.1) is 0 Å². The molecule has 5 N–H and O–H groups in total. The Morgan fingerprint density at radius 2 is 1.70 bits per heavy atom. The third kappa shape index (κ3) is 7.73. The summed E-state index contributed by atoms with van der Waals surface area (Å²) in [7, 11) is 0. The van der Waals surface area contributed by atoms with E-state index in [1.54, 1.807) is 0 Å². The van der Waals surface area contributed by atoms with Crippen LogP contribution in [-0.2, 0) is 9.47 Å². The molecular formula is C16H24N2O5. The van der Waals surface area contributed by atoms with Crippen molar-refractivity contribution in [2.45, 2.75) is 31.9 Å². The number of unbranched alkanes of at least 4 members (excludes halogenated alkanes) is 2. The quantitative estimate of drug-likeness (QED) is 0.319. The van der Waals surface area contributed by atoms with Gasteiger partial charge in [-0.2, -0.15) is 0 Å². The highest BCUT2D eigenvalue weighted by atomic mass is 16.6. The maximum Gasteiger partial charge on any atom is 0.338 e. The van der Waals surface area contributed by atoms with Gasteiger partial charge in [0.1, 0.15) is 12.8 Å². The van der Waals surface area contributed by atoms with Crippen LogP contribution in [0.15, 0.2) is 24.3 Å². The van der Waals surface area contributed by atoms with E-state index in [4.69, 9.17) is 26.0 Å². The van der Waals surface area contributed by atoms with Gasteiger partial charge >= 0.3 is 11.9 Å². The fourth-order valence-electron chi connectivity index (χ4n) is 1.92. The standard InChI is InChI=1S/C16H24N2O5/c17-9-3-1-2-4-14(18)22-10-11-23-16(21)13-7-5-12(6-8-13)15(19)20/h5-8,14H,1-4,9-11,17-18H2,(H,19,20). The number of hydrogen-bond acceptors (Lipinski definition) is 6. The molecule has 0 saturated carbocycles. The SMILES string of the molecule is NCCCCCC(N)OCCOC(=O)c1ccc(C(=O)O)cc1. The number of carboxylic acid groups (broad SMARTS) is 1. The fraction of sp³-hybridized carbons (Fsp3) is 0.500.